The van der Waals surface area contributed by atoms with E-state index >= 15 is 0 Å². The van der Waals surface area contributed by atoms with Gasteiger partial charge in [0.2, 0.25) is 11.8 Å². The van der Waals surface area contributed by atoms with Crippen molar-refractivity contribution in [3.05, 3.63) is 42.3 Å². The lowest BCUT2D eigenvalue weighted by Gasteiger charge is -2.26. The zero-order valence-electron chi connectivity index (χ0n) is 9.68. The van der Waals surface area contributed by atoms with Crippen LogP contribution in [0.4, 0.5) is 5.69 Å². The van der Waals surface area contributed by atoms with Gasteiger partial charge in [0.15, 0.2) is 0 Å². The quantitative estimate of drug-likeness (QED) is 0.825. The molecule has 17 heavy (non-hydrogen) atoms. The van der Waals surface area contributed by atoms with E-state index in [2.05, 4.69) is 16.0 Å². The highest BCUT2D eigenvalue weighted by atomic mass is 16.5. The van der Waals surface area contributed by atoms with Crippen molar-refractivity contribution in [1.29, 1.82) is 0 Å². The van der Waals surface area contributed by atoms with Gasteiger partial charge in [-0.25, -0.2) is 5.43 Å². The zero-order valence-corrected chi connectivity index (χ0v) is 9.68. The van der Waals surface area contributed by atoms with Crippen molar-refractivity contribution in [3.63, 3.8) is 0 Å². The maximum absolute atomic E-state index is 5.10. The molecule has 0 saturated heterocycles. The van der Waals surface area contributed by atoms with Crippen LogP contribution in [0.1, 0.15) is 0 Å². The van der Waals surface area contributed by atoms with Crippen molar-refractivity contribution in [2.24, 2.45) is 5.10 Å². The van der Waals surface area contributed by atoms with Crippen molar-refractivity contribution in [2.45, 2.75) is 0 Å². The molecule has 1 heterocycles. The van der Waals surface area contributed by atoms with Crippen molar-refractivity contribution in [1.82, 2.24) is 10.7 Å². The molecule has 0 atom stereocenters. The fourth-order valence-electron chi connectivity index (χ4n) is 1.29. The number of anilines is 1. The molecule has 1 aromatic rings. The summed E-state index contributed by atoms with van der Waals surface area (Å²) in [6, 6.07) is 9.66. The zero-order chi connectivity index (χ0) is 12.1. The summed E-state index contributed by atoms with van der Waals surface area (Å²) in [5, 5.41) is 5.57. The molecule has 0 unspecified atom stereocenters. The Labute approximate surface area is 99.5 Å². The molecular formula is C11H14N4O2. The topological polar surface area (TPSA) is 58.1 Å². The van der Waals surface area contributed by atoms with E-state index in [9.17, 15) is 0 Å². The summed E-state index contributed by atoms with van der Waals surface area (Å²) >= 11 is 0. The Morgan fingerprint density at radius 2 is 1.94 bits per heavy atom. The molecule has 2 N–H and O–H groups in total. The number of ether oxygens (including phenoxy) is 2. The molecule has 0 bridgehead atoms. The van der Waals surface area contributed by atoms with E-state index < -0.39 is 0 Å². The Morgan fingerprint density at radius 3 is 2.59 bits per heavy atom. The first kappa shape index (κ1) is 11.1. The first-order chi connectivity index (χ1) is 8.31. The van der Waals surface area contributed by atoms with E-state index in [1.54, 1.807) is 20.3 Å². The van der Waals surface area contributed by atoms with Gasteiger partial charge >= 0.3 is 0 Å². The van der Waals surface area contributed by atoms with E-state index in [0.717, 1.165) is 5.69 Å². The monoisotopic (exact) mass is 234 g/mol. The van der Waals surface area contributed by atoms with Crippen LogP contribution < -0.4 is 10.9 Å². The minimum Gasteiger partial charge on any atom is -0.481 e. The van der Waals surface area contributed by atoms with Crippen molar-refractivity contribution >= 4 is 11.6 Å². The standard InChI is InChI=1S/C11H14N4O2/c1-16-10-8-11(17-2)14-15(13-10)12-9-6-4-3-5-7-9/h3-8,12-13H,1-2H3. The third kappa shape index (κ3) is 2.81. The molecule has 0 aromatic heterocycles. The van der Waals surface area contributed by atoms with Crippen molar-refractivity contribution < 1.29 is 9.47 Å². The van der Waals surface area contributed by atoms with Gasteiger partial charge in [-0.1, -0.05) is 23.3 Å². The van der Waals surface area contributed by atoms with Gasteiger partial charge in [0, 0.05) is 0 Å². The molecule has 6 heteroatoms. The van der Waals surface area contributed by atoms with Crippen LogP contribution >= 0.6 is 0 Å². The molecule has 6 nitrogen and oxygen atoms in total. The van der Waals surface area contributed by atoms with E-state index in [1.165, 1.54) is 5.23 Å². The first-order valence-electron chi connectivity index (χ1n) is 5.08. The van der Waals surface area contributed by atoms with Gasteiger partial charge in [0.25, 0.3) is 0 Å². The number of hydrazine groups is 2. The minimum atomic E-state index is 0.448. The summed E-state index contributed by atoms with van der Waals surface area (Å²) in [5.41, 5.74) is 6.85. The number of hydrogen-bond acceptors (Lipinski definition) is 6. The number of hydrogen-bond donors (Lipinski definition) is 2. The van der Waals surface area contributed by atoms with E-state index in [1.807, 2.05) is 30.3 Å². The van der Waals surface area contributed by atoms with Crippen LogP contribution in [-0.2, 0) is 9.47 Å². The summed E-state index contributed by atoms with van der Waals surface area (Å²) in [7, 11) is 3.12. The molecule has 1 aliphatic heterocycles. The second-order valence-electron chi connectivity index (χ2n) is 3.26. The second-order valence-corrected chi connectivity index (χ2v) is 3.26. The van der Waals surface area contributed by atoms with Crippen LogP contribution in [0.25, 0.3) is 0 Å². The van der Waals surface area contributed by atoms with E-state index in [-0.39, 0.29) is 0 Å². The average Bonchev–Trinajstić information content (AvgIpc) is 2.39. The normalized spacial score (nSPS) is 14.4. The molecule has 0 radical (unpaired) electrons. The molecule has 0 fully saturated rings. The lowest BCUT2D eigenvalue weighted by atomic mass is 10.3. The molecule has 0 amide bonds. The maximum atomic E-state index is 5.10. The summed E-state index contributed by atoms with van der Waals surface area (Å²) in [6.45, 7) is 0. The lowest BCUT2D eigenvalue weighted by molar-refractivity contribution is 0.157. The Hall–Kier alpha value is -2.37. The Morgan fingerprint density at radius 1 is 1.18 bits per heavy atom. The fraction of sp³-hybridized carbons (Fsp3) is 0.182. The highest BCUT2D eigenvalue weighted by Gasteiger charge is 2.13. The van der Waals surface area contributed by atoms with Gasteiger partial charge < -0.3 is 9.47 Å². The molecule has 90 valence electrons. The van der Waals surface area contributed by atoms with Gasteiger partial charge in [-0.15, -0.1) is 5.23 Å². The molecule has 0 aliphatic carbocycles. The van der Waals surface area contributed by atoms with E-state index in [0.29, 0.717) is 11.8 Å². The van der Waals surface area contributed by atoms with E-state index in [4.69, 9.17) is 9.47 Å². The van der Waals surface area contributed by atoms with Gasteiger partial charge in [0.1, 0.15) is 0 Å². The van der Waals surface area contributed by atoms with Gasteiger partial charge in [-0.3, -0.25) is 5.43 Å². The van der Waals surface area contributed by atoms with Gasteiger partial charge in [0.05, 0.1) is 26.0 Å². The smallest absolute Gasteiger partial charge is 0.240 e. The third-order valence-corrected chi connectivity index (χ3v) is 2.11. The number of rotatable bonds is 3. The highest BCUT2D eigenvalue weighted by molar-refractivity contribution is 5.88. The number of para-hydroxylation sites is 1. The van der Waals surface area contributed by atoms with Crippen molar-refractivity contribution in [2.75, 3.05) is 19.6 Å². The summed E-state index contributed by atoms with van der Waals surface area (Å²) < 4.78 is 10.2. The molecule has 0 spiro atoms. The average molecular weight is 234 g/mol. The van der Waals surface area contributed by atoms with Crippen LogP contribution in [-0.4, -0.2) is 25.3 Å². The Kier molecular flexibility index (Phi) is 3.34. The first-order valence-corrected chi connectivity index (χ1v) is 5.08. The van der Waals surface area contributed by atoms with Crippen LogP contribution in [0.3, 0.4) is 0 Å². The summed E-state index contributed by atoms with van der Waals surface area (Å²) in [5.74, 6) is 0.990. The fourth-order valence-corrected chi connectivity index (χ4v) is 1.29. The number of methoxy groups -OCH3 is 2. The molecule has 2 rings (SSSR count). The van der Waals surface area contributed by atoms with Gasteiger partial charge in [-0.05, 0) is 12.1 Å². The summed E-state index contributed by atoms with van der Waals surface area (Å²) in [6.07, 6.45) is 1.66. The predicted octanol–water partition coefficient (Wildman–Crippen LogP) is 1.28. The Balaban J connectivity index is 2.08. The number of hydrazone groups is 1. The van der Waals surface area contributed by atoms with Gasteiger partial charge in [-0.2, -0.15) is 0 Å². The van der Waals surface area contributed by atoms with Crippen LogP contribution in [0, 0.1) is 0 Å². The van der Waals surface area contributed by atoms with Crippen molar-refractivity contribution in [3.8, 4) is 0 Å². The molecule has 1 aliphatic rings. The van der Waals surface area contributed by atoms with Crippen LogP contribution in [0.5, 0.6) is 0 Å². The lowest BCUT2D eigenvalue weighted by Crippen LogP contribution is -2.41. The highest BCUT2D eigenvalue weighted by Crippen LogP contribution is 2.09. The van der Waals surface area contributed by atoms with Crippen LogP contribution in [0.2, 0.25) is 0 Å². The third-order valence-electron chi connectivity index (χ3n) is 2.11. The molecular weight excluding hydrogens is 220 g/mol. The SMILES string of the molecule is COC1=CC(OC)=NN(Nc2ccccc2)N1. The maximum Gasteiger partial charge on any atom is 0.240 e. The van der Waals surface area contributed by atoms with Crippen LogP contribution in [0.15, 0.2) is 47.4 Å². The molecule has 1 aromatic carbocycles. The minimum absolute atomic E-state index is 0.448. The Bertz CT molecular complexity index is 430. The number of benzene rings is 1. The largest absolute Gasteiger partial charge is 0.481 e. The number of nitrogens with one attached hydrogen (secondary N) is 2. The predicted molar refractivity (Wildman–Crippen MR) is 64.6 cm³/mol. The number of nitrogens with zero attached hydrogens (tertiary/aromatic N) is 2. The second kappa shape index (κ2) is 5.11. The summed E-state index contributed by atoms with van der Waals surface area (Å²) in [4.78, 5) is 0. The molecule has 0 saturated carbocycles.